The Morgan fingerprint density at radius 2 is 1.85 bits per heavy atom. The zero-order chi connectivity index (χ0) is 23.5. The number of ether oxygens (including phenoxy) is 1. The molecule has 0 bridgehead atoms. The van der Waals surface area contributed by atoms with E-state index in [9.17, 15) is 14.4 Å². The Labute approximate surface area is 201 Å². The summed E-state index contributed by atoms with van der Waals surface area (Å²) in [6.07, 6.45) is 0.912. The van der Waals surface area contributed by atoms with Crippen LogP contribution in [0.2, 0.25) is 0 Å². The van der Waals surface area contributed by atoms with E-state index < -0.39 is 18.2 Å². The highest BCUT2D eigenvalue weighted by Gasteiger charge is 2.47. The van der Waals surface area contributed by atoms with E-state index in [4.69, 9.17) is 4.74 Å². The Hall–Kier alpha value is -3.65. The fraction of sp³-hybridized carbons (Fsp3) is 0.269. The zero-order valence-corrected chi connectivity index (χ0v) is 19.3. The Morgan fingerprint density at radius 3 is 2.59 bits per heavy atom. The summed E-state index contributed by atoms with van der Waals surface area (Å²) < 4.78 is 5.74. The number of cyclic esters (lactones) is 1. The molecule has 0 spiro atoms. The van der Waals surface area contributed by atoms with Gasteiger partial charge in [-0.2, -0.15) is 0 Å². The predicted octanol–water partition coefficient (Wildman–Crippen LogP) is 4.59. The number of carbonyl (C=O) groups is 3. The highest BCUT2D eigenvalue weighted by Crippen LogP contribution is 2.35. The molecule has 2 N–H and O–H groups in total. The van der Waals surface area contributed by atoms with Gasteiger partial charge in [-0.1, -0.05) is 48.5 Å². The summed E-state index contributed by atoms with van der Waals surface area (Å²) in [6, 6.07) is 19.4. The van der Waals surface area contributed by atoms with Crippen molar-refractivity contribution in [3.8, 4) is 0 Å². The minimum Gasteiger partial charge on any atom is -0.438 e. The topological polar surface area (TPSA) is 87.7 Å². The molecular formula is C26H25N3O4S. The first-order valence-corrected chi connectivity index (χ1v) is 12.2. The second kappa shape index (κ2) is 9.69. The third kappa shape index (κ3) is 4.97. The first kappa shape index (κ1) is 22.2. The highest BCUT2D eigenvalue weighted by molar-refractivity contribution is 7.12. The van der Waals surface area contributed by atoms with E-state index in [2.05, 4.69) is 10.6 Å². The fourth-order valence-corrected chi connectivity index (χ4v) is 4.67. The van der Waals surface area contributed by atoms with Crippen molar-refractivity contribution in [2.24, 2.45) is 5.92 Å². The molecule has 1 aromatic heterocycles. The minimum atomic E-state index is -0.810. The van der Waals surface area contributed by atoms with Gasteiger partial charge < -0.3 is 15.4 Å². The van der Waals surface area contributed by atoms with Crippen LogP contribution in [0, 0.1) is 5.92 Å². The summed E-state index contributed by atoms with van der Waals surface area (Å²) >= 11 is 1.36. The molecule has 3 amide bonds. The molecule has 2 aliphatic rings. The molecule has 2 fully saturated rings. The largest absolute Gasteiger partial charge is 0.438 e. The van der Waals surface area contributed by atoms with Gasteiger partial charge in [0.1, 0.15) is 0 Å². The van der Waals surface area contributed by atoms with Gasteiger partial charge in [-0.05, 0) is 53.5 Å². The molecule has 2 heterocycles. The number of benzene rings is 2. The van der Waals surface area contributed by atoms with Gasteiger partial charge in [0.15, 0.2) is 12.1 Å². The average molecular weight is 476 g/mol. The van der Waals surface area contributed by atoms with Crippen molar-refractivity contribution in [3.05, 3.63) is 88.1 Å². The lowest BCUT2D eigenvalue weighted by Crippen LogP contribution is -2.46. The van der Waals surface area contributed by atoms with Crippen LogP contribution in [0.1, 0.15) is 39.7 Å². The van der Waals surface area contributed by atoms with Gasteiger partial charge in [0.05, 0.1) is 11.4 Å². The number of anilines is 1. The second-order valence-corrected chi connectivity index (χ2v) is 9.56. The highest BCUT2D eigenvalue weighted by atomic mass is 32.1. The van der Waals surface area contributed by atoms with Gasteiger partial charge in [-0.3, -0.25) is 14.5 Å². The summed E-state index contributed by atoms with van der Waals surface area (Å²) in [4.78, 5) is 40.7. The van der Waals surface area contributed by atoms with Gasteiger partial charge >= 0.3 is 6.09 Å². The van der Waals surface area contributed by atoms with Crippen molar-refractivity contribution in [2.75, 3.05) is 11.9 Å². The van der Waals surface area contributed by atoms with Crippen LogP contribution in [0.15, 0.2) is 72.1 Å². The van der Waals surface area contributed by atoms with Crippen LogP contribution < -0.4 is 10.6 Å². The molecule has 8 heteroatoms. The van der Waals surface area contributed by atoms with Gasteiger partial charge in [-0.15, -0.1) is 11.3 Å². The molecule has 5 rings (SSSR count). The Bertz CT molecular complexity index is 1180. The van der Waals surface area contributed by atoms with E-state index in [0.717, 1.165) is 18.4 Å². The lowest BCUT2D eigenvalue weighted by molar-refractivity contribution is -0.126. The van der Waals surface area contributed by atoms with Crippen molar-refractivity contribution in [1.82, 2.24) is 10.2 Å². The molecule has 0 radical (unpaired) electrons. The number of hydrogen-bond acceptors (Lipinski definition) is 5. The molecule has 2 unspecified atom stereocenters. The van der Waals surface area contributed by atoms with Gasteiger partial charge in [0.2, 0.25) is 5.91 Å². The van der Waals surface area contributed by atoms with Gasteiger partial charge in [0, 0.05) is 12.2 Å². The maximum Gasteiger partial charge on any atom is 0.411 e. The number of thiophene rings is 1. The Morgan fingerprint density at radius 1 is 1.03 bits per heavy atom. The van der Waals surface area contributed by atoms with Crippen molar-refractivity contribution >= 4 is 34.9 Å². The number of hydrogen-bond donors (Lipinski definition) is 2. The van der Waals surface area contributed by atoms with Crippen molar-refractivity contribution < 1.29 is 19.1 Å². The van der Waals surface area contributed by atoms with Gasteiger partial charge in [0.25, 0.3) is 5.91 Å². The standard InChI is InChI=1S/C26H25N3O4S/c30-24(21-10-5-13-34-21)28-20-9-4-8-19(14-20)23-22(25(31)27-15-17-11-12-17)29(26(32)33-23)16-18-6-2-1-3-7-18/h1-10,13-14,17,22-23H,11-12,15-16H2,(H,27,31)(H,28,30). The zero-order valence-electron chi connectivity index (χ0n) is 18.5. The van der Waals surface area contributed by atoms with Crippen molar-refractivity contribution in [1.29, 1.82) is 0 Å². The van der Waals surface area contributed by atoms with E-state index in [1.807, 2.05) is 47.8 Å². The molecular weight excluding hydrogens is 450 g/mol. The van der Waals surface area contributed by atoms with Crippen LogP contribution in [-0.2, 0) is 16.1 Å². The van der Waals surface area contributed by atoms with E-state index in [1.165, 1.54) is 16.2 Å². The molecule has 1 saturated carbocycles. The maximum atomic E-state index is 13.3. The molecule has 174 valence electrons. The number of nitrogens with one attached hydrogen (secondary N) is 2. The van der Waals surface area contributed by atoms with Crippen molar-refractivity contribution in [2.45, 2.75) is 31.5 Å². The first-order chi connectivity index (χ1) is 16.6. The third-order valence-electron chi connectivity index (χ3n) is 6.03. The first-order valence-electron chi connectivity index (χ1n) is 11.3. The average Bonchev–Trinajstić information content (AvgIpc) is 3.39. The van der Waals surface area contributed by atoms with E-state index in [1.54, 1.807) is 24.3 Å². The summed E-state index contributed by atoms with van der Waals surface area (Å²) in [7, 11) is 0. The Balaban J connectivity index is 1.39. The summed E-state index contributed by atoms with van der Waals surface area (Å²) in [5.41, 5.74) is 2.14. The van der Waals surface area contributed by atoms with Crippen LogP contribution in [0.25, 0.3) is 0 Å². The minimum absolute atomic E-state index is 0.208. The quantitative estimate of drug-likeness (QED) is 0.499. The smallest absolute Gasteiger partial charge is 0.411 e. The molecule has 2 atom stereocenters. The third-order valence-corrected chi connectivity index (χ3v) is 6.90. The van der Waals surface area contributed by atoms with Crippen LogP contribution in [0.5, 0.6) is 0 Å². The molecule has 2 aromatic carbocycles. The SMILES string of the molecule is O=C(Nc1cccc(C2OC(=O)N(Cc3ccccc3)C2C(=O)NCC2CC2)c1)c1cccs1. The normalized spacial score (nSPS) is 19.5. The number of amides is 3. The number of rotatable bonds is 8. The van der Waals surface area contributed by atoms with E-state index in [0.29, 0.717) is 28.6 Å². The monoisotopic (exact) mass is 475 g/mol. The second-order valence-electron chi connectivity index (χ2n) is 8.61. The summed E-state index contributed by atoms with van der Waals surface area (Å²) in [5, 5.41) is 7.73. The predicted molar refractivity (Wildman–Crippen MR) is 129 cm³/mol. The van der Waals surface area contributed by atoms with Gasteiger partial charge in [-0.25, -0.2) is 4.79 Å². The lowest BCUT2D eigenvalue weighted by Gasteiger charge is -2.24. The lowest BCUT2D eigenvalue weighted by atomic mass is 10.00. The fourth-order valence-electron chi connectivity index (χ4n) is 4.06. The van der Waals surface area contributed by atoms with E-state index in [-0.39, 0.29) is 18.4 Å². The maximum absolute atomic E-state index is 13.3. The molecule has 1 aliphatic heterocycles. The summed E-state index contributed by atoms with van der Waals surface area (Å²) in [6.45, 7) is 0.874. The van der Waals surface area contributed by atoms with Crippen LogP contribution >= 0.6 is 11.3 Å². The number of carbonyl (C=O) groups excluding carboxylic acids is 3. The molecule has 34 heavy (non-hydrogen) atoms. The van der Waals surface area contributed by atoms with Crippen LogP contribution in [0.3, 0.4) is 0 Å². The van der Waals surface area contributed by atoms with E-state index >= 15 is 0 Å². The molecule has 1 saturated heterocycles. The van der Waals surface area contributed by atoms with Crippen LogP contribution in [0.4, 0.5) is 10.5 Å². The van der Waals surface area contributed by atoms with Crippen LogP contribution in [-0.4, -0.2) is 35.4 Å². The molecule has 1 aliphatic carbocycles. The molecule has 3 aromatic rings. The van der Waals surface area contributed by atoms with Crippen molar-refractivity contribution in [3.63, 3.8) is 0 Å². The Kier molecular flexibility index (Phi) is 6.31. The summed E-state index contributed by atoms with van der Waals surface area (Å²) in [5.74, 6) is 0.0745. The molecule has 7 nitrogen and oxygen atoms in total. The number of nitrogens with zero attached hydrogens (tertiary/aromatic N) is 1.